The molecule has 1 unspecified atom stereocenters. The lowest BCUT2D eigenvalue weighted by atomic mass is 9.87. The molecule has 1 N–H and O–H groups in total. The average Bonchev–Trinajstić information content (AvgIpc) is 2.47. The Morgan fingerprint density at radius 2 is 1.76 bits per heavy atom. The Kier molecular flexibility index (Phi) is 4.30. The average molecular weight is 281 g/mol. The number of hydrogen-bond acceptors (Lipinski definition) is 3. The monoisotopic (exact) mass is 281 g/mol. The Morgan fingerprint density at radius 1 is 1.10 bits per heavy atom. The fraction of sp³-hybridized carbons (Fsp3) is 0.278. The number of aliphatic hydroxyl groups is 1. The maximum Gasteiger partial charge on any atom is 0.119 e. The highest BCUT2D eigenvalue weighted by molar-refractivity contribution is 5.42. The van der Waals surface area contributed by atoms with E-state index >= 15 is 0 Å². The van der Waals surface area contributed by atoms with Gasteiger partial charge in [0.15, 0.2) is 0 Å². The van der Waals surface area contributed by atoms with Gasteiger partial charge < -0.3 is 9.84 Å². The van der Waals surface area contributed by atoms with Crippen molar-refractivity contribution < 1.29 is 9.84 Å². The van der Waals surface area contributed by atoms with E-state index in [-0.39, 0.29) is 6.10 Å². The van der Waals surface area contributed by atoms with E-state index in [1.807, 2.05) is 44.2 Å². The molecular weight excluding hydrogens is 262 g/mol. The normalized spacial score (nSPS) is 13.5. The number of rotatable bonds is 4. The van der Waals surface area contributed by atoms with Crippen LogP contribution in [0.3, 0.4) is 0 Å². The van der Waals surface area contributed by atoms with E-state index in [1.165, 1.54) is 0 Å². The van der Waals surface area contributed by atoms with Crippen LogP contribution >= 0.6 is 0 Å². The number of nitrogens with zero attached hydrogens (tertiary/aromatic N) is 1. The third kappa shape index (κ3) is 3.42. The summed E-state index contributed by atoms with van der Waals surface area (Å²) in [6.07, 6.45) is 0.115. The molecule has 0 radical (unpaired) electrons. The van der Waals surface area contributed by atoms with E-state index in [0.29, 0.717) is 11.1 Å². The van der Waals surface area contributed by atoms with Crippen LogP contribution in [-0.4, -0.2) is 11.2 Å². The van der Waals surface area contributed by atoms with Crippen molar-refractivity contribution in [3.8, 4) is 11.8 Å². The van der Waals surface area contributed by atoms with Gasteiger partial charge in [-0.25, -0.2) is 0 Å². The van der Waals surface area contributed by atoms with Crippen molar-refractivity contribution in [2.75, 3.05) is 0 Å². The molecule has 0 aliphatic rings. The Hall–Kier alpha value is -2.31. The maximum atomic E-state index is 10.8. The van der Waals surface area contributed by atoms with Crippen LogP contribution in [0.2, 0.25) is 0 Å². The van der Waals surface area contributed by atoms with E-state index in [9.17, 15) is 5.11 Å². The molecule has 0 spiro atoms. The lowest BCUT2D eigenvalue weighted by Crippen LogP contribution is -2.22. The molecule has 21 heavy (non-hydrogen) atoms. The van der Waals surface area contributed by atoms with Crippen LogP contribution in [0.5, 0.6) is 5.75 Å². The Morgan fingerprint density at radius 3 is 2.33 bits per heavy atom. The standard InChI is InChI=1S/C18H19NO2/c1-13(2)21-17-9-7-15(8-10-17)18(3,20)16-6-4-5-14(11-16)12-19/h4-11,13,20H,1-3H3. The highest BCUT2D eigenvalue weighted by Crippen LogP contribution is 2.30. The molecule has 0 heterocycles. The van der Waals surface area contributed by atoms with Gasteiger partial charge in [0, 0.05) is 0 Å². The first-order valence-electron chi connectivity index (χ1n) is 6.93. The van der Waals surface area contributed by atoms with Gasteiger partial charge in [-0.2, -0.15) is 5.26 Å². The molecule has 3 heteroatoms. The van der Waals surface area contributed by atoms with Crippen LogP contribution in [-0.2, 0) is 5.60 Å². The van der Waals surface area contributed by atoms with Crippen LogP contribution in [0, 0.1) is 11.3 Å². The van der Waals surface area contributed by atoms with Gasteiger partial charge in [-0.05, 0) is 56.2 Å². The van der Waals surface area contributed by atoms with Gasteiger partial charge in [-0.15, -0.1) is 0 Å². The van der Waals surface area contributed by atoms with Gasteiger partial charge in [0.05, 0.1) is 17.7 Å². The number of nitriles is 1. The van der Waals surface area contributed by atoms with Crippen LogP contribution < -0.4 is 4.74 Å². The summed E-state index contributed by atoms with van der Waals surface area (Å²) in [6.45, 7) is 5.66. The quantitative estimate of drug-likeness (QED) is 0.931. The predicted molar refractivity (Wildman–Crippen MR) is 82.0 cm³/mol. The zero-order valence-electron chi connectivity index (χ0n) is 12.5. The molecule has 0 amide bonds. The van der Waals surface area contributed by atoms with Crippen molar-refractivity contribution in [2.24, 2.45) is 0 Å². The molecule has 0 saturated carbocycles. The summed E-state index contributed by atoms with van der Waals surface area (Å²) in [4.78, 5) is 0. The summed E-state index contributed by atoms with van der Waals surface area (Å²) in [5.41, 5.74) is 0.837. The van der Waals surface area contributed by atoms with Crippen LogP contribution in [0.4, 0.5) is 0 Å². The molecule has 2 aromatic carbocycles. The second-order valence-electron chi connectivity index (χ2n) is 5.46. The fourth-order valence-corrected chi connectivity index (χ4v) is 2.19. The zero-order valence-corrected chi connectivity index (χ0v) is 12.5. The largest absolute Gasteiger partial charge is 0.491 e. The van der Waals surface area contributed by atoms with Gasteiger partial charge in [0.2, 0.25) is 0 Å². The fourth-order valence-electron chi connectivity index (χ4n) is 2.19. The maximum absolute atomic E-state index is 10.8. The van der Waals surface area contributed by atoms with E-state index in [0.717, 1.165) is 11.3 Å². The van der Waals surface area contributed by atoms with Crippen molar-refractivity contribution in [3.63, 3.8) is 0 Å². The summed E-state index contributed by atoms with van der Waals surface area (Å²) in [6, 6.07) is 16.5. The van der Waals surface area contributed by atoms with Gasteiger partial charge in [-0.3, -0.25) is 0 Å². The minimum absolute atomic E-state index is 0.115. The topological polar surface area (TPSA) is 53.2 Å². The lowest BCUT2D eigenvalue weighted by Gasteiger charge is -2.25. The summed E-state index contributed by atoms with van der Waals surface area (Å²) < 4.78 is 5.60. The molecule has 0 saturated heterocycles. The van der Waals surface area contributed by atoms with E-state index in [4.69, 9.17) is 10.00 Å². The Labute approximate surface area is 125 Å². The third-order valence-corrected chi connectivity index (χ3v) is 3.34. The van der Waals surface area contributed by atoms with Crippen LogP contribution in [0.15, 0.2) is 48.5 Å². The Bertz CT molecular complexity index is 652. The highest BCUT2D eigenvalue weighted by Gasteiger charge is 2.25. The van der Waals surface area contributed by atoms with E-state index < -0.39 is 5.60 Å². The van der Waals surface area contributed by atoms with Gasteiger partial charge >= 0.3 is 0 Å². The minimum Gasteiger partial charge on any atom is -0.491 e. The van der Waals surface area contributed by atoms with Crippen molar-refractivity contribution in [2.45, 2.75) is 32.5 Å². The van der Waals surface area contributed by atoms with Crippen molar-refractivity contribution >= 4 is 0 Å². The van der Waals surface area contributed by atoms with E-state index in [1.54, 1.807) is 25.1 Å². The Balaban J connectivity index is 2.32. The summed E-state index contributed by atoms with van der Waals surface area (Å²) >= 11 is 0. The molecule has 1 atom stereocenters. The molecule has 108 valence electrons. The number of benzene rings is 2. The number of hydrogen-bond donors (Lipinski definition) is 1. The first-order valence-corrected chi connectivity index (χ1v) is 6.93. The van der Waals surface area contributed by atoms with Crippen molar-refractivity contribution in [3.05, 3.63) is 65.2 Å². The SMILES string of the molecule is CC(C)Oc1ccc(C(C)(O)c2cccc(C#N)c2)cc1. The third-order valence-electron chi connectivity index (χ3n) is 3.34. The molecule has 3 nitrogen and oxygen atoms in total. The molecule has 0 aliphatic heterocycles. The second-order valence-corrected chi connectivity index (χ2v) is 5.46. The van der Waals surface area contributed by atoms with Gasteiger partial charge in [0.25, 0.3) is 0 Å². The van der Waals surface area contributed by atoms with Crippen LogP contribution in [0.25, 0.3) is 0 Å². The summed E-state index contributed by atoms with van der Waals surface area (Å²) in [7, 11) is 0. The lowest BCUT2D eigenvalue weighted by molar-refractivity contribution is 0.102. The summed E-state index contributed by atoms with van der Waals surface area (Å²) in [5, 5.41) is 19.8. The molecule has 2 rings (SSSR count). The van der Waals surface area contributed by atoms with Gasteiger partial charge in [-0.1, -0.05) is 24.3 Å². The molecular formula is C18H19NO2. The smallest absolute Gasteiger partial charge is 0.119 e. The molecule has 0 aliphatic carbocycles. The first kappa shape index (κ1) is 15.1. The highest BCUT2D eigenvalue weighted by atomic mass is 16.5. The second kappa shape index (κ2) is 5.99. The minimum atomic E-state index is -1.15. The van der Waals surface area contributed by atoms with Crippen molar-refractivity contribution in [1.29, 1.82) is 5.26 Å². The van der Waals surface area contributed by atoms with Gasteiger partial charge in [0.1, 0.15) is 11.4 Å². The molecule has 2 aromatic rings. The zero-order chi connectivity index (χ0) is 15.5. The molecule has 0 bridgehead atoms. The van der Waals surface area contributed by atoms with Crippen molar-refractivity contribution in [1.82, 2.24) is 0 Å². The predicted octanol–water partition coefficient (Wildman–Crippen LogP) is 3.60. The van der Waals surface area contributed by atoms with E-state index in [2.05, 4.69) is 6.07 Å². The number of ether oxygens (including phenoxy) is 1. The molecule has 0 fully saturated rings. The summed E-state index contributed by atoms with van der Waals surface area (Å²) in [5.74, 6) is 0.773. The van der Waals surface area contributed by atoms with Crippen LogP contribution in [0.1, 0.15) is 37.5 Å². The first-order chi connectivity index (χ1) is 9.93. The molecule has 0 aromatic heterocycles.